The topological polar surface area (TPSA) is 34.4 Å². The molecule has 0 aliphatic heterocycles. The van der Waals surface area contributed by atoms with Gasteiger partial charge < -0.3 is 14.5 Å². The molecule has 0 aromatic carbocycles. The lowest BCUT2D eigenvalue weighted by Crippen LogP contribution is -2.21. The second kappa shape index (κ2) is 7.49. The molecule has 1 unspecified atom stereocenters. The molecule has 0 amide bonds. The number of nitrogens with one attached hydrogen (secondary N) is 1. The number of hydrogen-bond acceptors (Lipinski definition) is 3. The highest BCUT2D eigenvalue weighted by atomic mass is 16.5. The molecule has 86 valence electrons. The normalized spacial score (nSPS) is 12.9. The second-order valence-electron chi connectivity index (χ2n) is 3.73. The van der Waals surface area contributed by atoms with Crippen molar-refractivity contribution in [1.29, 1.82) is 0 Å². The van der Waals surface area contributed by atoms with Crippen LogP contribution in [0.2, 0.25) is 0 Å². The Morgan fingerprint density at radius 1 is 1.53 bits per heavy atom. The molecule has 1 atom stereocenters. The molecule has 1 rings (SSSR count). The lowest BCUT2D eigenvalue weighted by Gasteiger charge is -2.11. The van der Waals surface area contributed by atoms with Crippen LogP contribution in [-0.2, 0) is 11.3 Å². The van der Waals surface area contributed by atoms with Gasteiger partial charge >= 0.3 is 0 Å². The first-order valence-corrected chi connectivity index (χ1v) is 5.67. The highest BCUT2D eigenvalue weighted by Crippen LogP contribution is 2.00. The van der Waals surface area contributed by atoms with Crippen LogP contribution in [0.4, 0.5) is 0 Å². The summed E-state index contributed by atoms with van der Waals surface area (Å²) >= 11 is 0. The van der Waals surface area contributed by atoms with E-state index in [1.807, 2.05) is 12.1 Å². The first-order chi connectivity index (χ1) is 7.33. The maximum Gasteiger partial charge on any atom is 0.117 e. The Morgan fingerprint density at radius 3 is 3.07 bits per heavy atom. The van der Waals surface area contributed by atoms with Gasteiger partial charge in [0.15, 0.2) is 0 Å². The molecular formula is C12H21NO2. The molecule has 1 N–H and O–H groups in total. The van der Waals surface area contributed by atoms with Crippen LogP contribution >= 0.6 is 0 Å². The maximum atomic E-state index is 5.61. The van der Waals surface area contributed by atoms with Crippen LogP contribution in [-0.4, -0.2) is 19.3 Å². The Balaban J connectivity index is 1.93. The standard InChI is InChI=1S/C12H21NO2/c1-3-5-11(2)14-9-7-13-10-12-6-4-8-15-12/h4,6,8,11,13H,3,5,7,9-10H2,1-2H3. The summed E-state index contributed by atoms with van der Waals surface area (Å²) in [6.45, 7) is 6.71. The third kappa shape index (κ3) is 5.60. The average Bonchev–Trinajstić information content (AvgIpc) is 2.70. The number of furan rings is 1. The Labute approximate surface area is 91.8 Å². The van der Waals surface area contributed by atoms with Crippen LogP contribution < -0.4 is 5.32 Å². The van der Waals surface area contributed by atoms with Crippen LogP contribution in [0.3, 0.4) is 0 Å². The van der Waals surface area contributed by atoms with Crippen LogP contribution in [0.15, 0.2) is 22.8 Å². The Morgan fingerprint density at radius 2 is 2.40 bits per heavy atom. The number of hydrogen-bond donors (Lipinski definition) is 1. The Bertz CT molecular complexity index is 234. The lowest BCUT2D eigenvalue weighted by molar-refractivity contribution is 0.0615. The van der Waals surface area contributed by atoms with Gasteiger partial charge in [0, 0.05) is 6.54 Å². The van der Waals surface area contributed by atoms with E-state index >= 15 is 0 Å². The summed E-state index contributed by atoms with van der Waals surface area (Å²) in [5.41, 5.74) is 0. The zero-order valence-corrected chi connectivity index (χ0v) is 9.66. The van der Waals surface area contributed by atoms with Gasteiger partial charge in [0.2, 0.25) is 0 Å². The van der Waals surface area contributed by atoms with Crippen LogP contribution in [0.25, 0.3) is 0 Å². The molecule has 3 heteroatoms. The molecule has 1 aromatic heterocycles. The molecule has 0 fully saturated rings. The molecule has 0 aliphatic carbocycles. The lowest BCUT2D eigenvalue weighted by atomic mass is 10.2. The first-order valence-electron chi connectivity index (χ1n) is 5.67. The van der Waals surface area contributed by atoms with E-state index in [4.69, 9.17) is 9.15 Å². The third-order valence-electron chi connectivity index (χ3n) is 2.26. The first kappa shape index (κ1) is 12.3. The van der Waals surface area contributed by atoms with Crippen molar-refractivity contribution in [2.24, 2.45) is 0 Å². The van der Waals surface area contributed by atoms with Gasteiger partial charge in [-0.2, -0.15) is 0 Å². The minimum atomic E-state index is 0.375. The largest absolute Gasteiger partial charge is 0.468 e. The minimum Gasteiger partial charge on any atom is -0.468 e. The van der Waals surface area contributed by atoms with Crippen molar-refractivity contribution in [3.8, 4) is 0 Å². The van der Waals surface area contributed by atoms with Crippen molar-refractivity contribution in [3.63, 3.8) is 0 Å². The Hall–Kier alpha value is -0.800. The summed E-state index contributed by atoms with van der Waals surface area (Å²) in [5, 5.41) is 3.27. The molecular weight excluding hydrogens is 190 g/mol. The van der Waals surface area contributed by atoms with Crippen molar-refractivity contribution < 1.29 is 9.15 Å². The van der Waals surface area contributed by atoms with Crippen molar-refractivity contribution in [2.45, 2.75) is 39.3 Å². The fraction of sp³-hybridized carbons (Fsp3) is 0.667. The van der Waals surface area contributed by atoms with Gasteiger partial charge in [-0.05, 0) is 25.5 Å². The second-order valence-corrected chi connectivity index (χ2v) is 3.73. The van der Waals surface area contributed by atoms with Crippen molar-refractivity contribution in [3.05, 3.63) is 24.2 Å². The molecule has 3 nitrogen and oxygen atoms in total. The highest BCUT2D eigenvalue weighted by molar-refractivity contribution is 4.97. The predicted molar refractivity (Wildman–Crippen MR) is 60.7 cm³/mol. The third-order valence-corrected chi connectivity index (χ3v) is 2.26. The van der Waals surface area contributed by atoms with Gasteiger partial charge in [0.1, 0.15) is 5.76 Å². The maximum absolute atomic E-state index is 5.61. The SMILES string of the molecule is CCCC(C)OCCNCc1ccco1. The molecule has 0 saturated carbocycles. The fourth-order valence-electron chi connectivity index (χ4n) is 1.45. The molecule has 0 spiro atoms. The van der Waals surface area contributed by atoms with E-state index < -0.39 is 0 Å². The Kier molecular flexibility index (Phi) is 6.12. The van der Waals surface area contributed by atoms with Gasteiger partial charge in [0.25, 0.3) is 0 Å². The van der Waals surface area contributed by atoms with Gasteiger partial charge in [-0.25, -0.2) is 0 Å². The summed E-state index contributed by atoms with van der Waals surface area (Å²) < 4.78 is 10.8. The summed E-state index contributed by atoms with van der Waals surface area (Å²) in [4.78, 5) is 0. The summed E-state index contributed by atoms with van der Waals surface area (Å²) in [5.74, 6) is 0.969. The summed E-state index contributed by atoms with van der Waals surface area (Å²) in [7, 11) is 0. The van der Waals surface area contributed by atoms with Gasteiger partial charge in [-0.15, -0.1) is 0 Å². The number of ether oxygens (including phenoxy) is 1. The molecule has 1 heterocycles. The quantitative estimate of drug-likeness (QED) is 0.671. The fourth-order valence-corrected chi connectivity index (χ4v) is 1.45. The van der Waals surface area contributed by atoms with E-state index in [2.05, 4.69) is 19.2 Å². The monoisotopic (exact) mass is 211 g/mol. The molecule has 1 aromatic rings. The minimum absolute atomic E-state index is 0.375. The van der Waals surface area contributed by atoms with Crippen molar-refractivity contribution in [1.82, 2.24) is 5.32 Å². The van der Waals surface area contributed by atoms with Gasteiger partial charge in [-0.3, -0.25) is 0 Å². The van der Waals surface area contributed by atoms with Gasteiger partial charge in [0.05, 0.1) is 25.5 Å². The van der Waals surface area contributed by atoms with Crippen molar-refractivity contribution in [2.75, 3.05) is 13.2 Å². The van der Waals surface area contributed by atoms with Crippen LogP contribution in [0.1, 0.15) is 32.4 Å². The van der Waals surface area contributed by atoms with Crippen molar-refractivity contribution >= 4 is 0 Å². The number of rotatable bonds is 8. The van der Waals surface area contributed by atoms with E-state index in [-0.39, 0.29) is 0 Å². The molecule has 0 radical (unpaired) electrons. The zero-order valence-electron chi connectivity index (χ0n) is 9.66. The van der Waals surface area contributed by atoms with Crippen LogP contribution in [0.5, 0.6) is 0 Å². The van der Waals surface area contributed by atoms with E-state index in [0.29, 0.717) is 6.10 Å². The predicted octanol–water partition coefficient (Wildman–Crippen LogP) is 2.57. The average molecular weight is 211 g/mol. The van der Waals surface area contributed by atoms with E-state index in [9.17, 15) is 0 Å². The summed E-state index contributed by atoms with van der Waals surface area (Å²) in [6.07, 6.45) is 4.39. The molecule has 15 heavy (non-hydrogen) atoms. The van der Waals surface area contributed by atoms with E-state index in [1.54, 1.807) is 6.26 Å². The van der Waals surface area contributed by atoms with E-state index in [0.717, 1.165) is 31.9 Å². The molecule has 0 aliphatic rings. The highest BCUT2D eigenvalue weighted by Gasteiger charge is 1.99. The van der Waals surface area contributed by atoms with E-state index in [1.165, 1.54) is 6.42 Å². The van der Waals surface area contributed by atoms with Gasteiger partial charge in [-0.1, -0.05) is 13.3 Å². The zero-order chi connectivity index (χ0) is 10.9. The summed E-state index contributed by atoms with van der Waals surface area (Å²) in [6, 6.07) is 3.87. The van der Waals surface area contributed by atoms with Crippen LogP contribution in [0, 0.1) is 0 Å². The molecule has 0 bridgehead atoms. The smallest absolute Gasteiger partial charge is 0.117 e. The molecule has 0 saturated heterocycles.